The number of rotatable bonds is 5. The highest BCUT2D eigenvalue weighted by atomic mass is 32.2. The Morgan fingerprint density at radius 1 is 0.852 bits per heavy atom. The predicted molar refractivity (Wildman–Crippen MR) is 113 cm³/mol. The second-order valence-corrected chi connectivity index (χ2v) is 7.80. The maximum Gasteiger partial charge on any atom is 0.241 e. The van der Waals surface area contributed by atoms with Gasteiger partial charge in [0.2, 0.25) is 5.91 Å². The van der Waals surface area contributed by atoms with Crippen LogP contribution in [0.5, 0.6) is 0 Å². The van der Waals surface area contributed by atoms with Crippen molar-refractivity contribution < 1.29 is 4.79 Å². The predicted octanol–water partition coefficient (Wildman–Crippen LogP) is 4.10. The van der Waals surface area contributed by atoms with E-state index >= 15 is 0 Å². The molecule has 27 heavy (non-hydrogen) atoms. The third kappa shape index (κ3) is 4.62. The van der Waals surface area contributed by atoms with Crippen LogP contribution in [0.2, 0.25) is 0 Å². The maximum atomic E-state index is 12.4. The Morgan fingerprint density at radius 3 is 2.33 bits per heavy atom. The summed E-state index contributed by atoms with van der Waals surface area (Å²) in [4.78, 5) is 15.6. The minimum absolute atomic E-state index is 0.161. The second kappa shape index (κ2) is 8.46. The van der Waals surface area contributed by atoms with Crippen LogP contribution in [-0.2, 0) is 4.79 Å². The zero-order valence-electron chi connectivity index (χ0n) is 15.2. The van der Waals surface area contributed by atoms with Gasteiger partial charge in [0.1, 0.15) is 0 Å². The molecule has 1 saturated heterocycles. The highest BCUT2D eigenvalue weighted by Crippen LogP contribution is 2.27. The van der Waals surface area contributed by atoms with Crippen molar-refractivity contribution in [3.63, 3.8) is 0 Å². The SMILES string of the molecule is O=C(CNc1ccccc1)N1CCN(Sc2ccc3ccccc3c2)CC1. The van der Waals surface area contributed by atoms with Crippen LogP contribution in [0.3, 0.4) is 0 Å². The number of carbonyl (C=O) groups is 1. The molecular formula is C22H23N3OS. The Balaban J connectivity index is 1.27. The Kier molecular flexibility index (Phi) is 5.61. The first-order chi connectivity index (χ1) is 13.3. The molecule has 1 N–H and O–H groups in total. The number of anilines is 1. The highest BCUT2D eigenvalue weighted by molar-refractivity contribution is 7.97. The quantitative estimate of drug-likeness (QED) is 0.679. The summed E-state index contributed by atoms with van der Waals surface area (Å²) in [6, 6.07) is 24.9. The molecule has 1 heterocycles. The number of hydrogen-bond donors (Lipinski definition) is 1. The van der Waals surface area contributed by atoms with Crippen LogP contribution in [0, 0.1) is 0 Å². The van der Waals surface area contributed by atoms with Crippen molar-refractivity contribution in [3.05, 3.63) is 72.8 Å². The van der Waals surface area contributed by atoms with Gasteiger partial charge in [-0.15, -0.1) is 0 Å². The zero-order valence-corrected chi connectivity index (χ0v) is 16.0. The minimum Gasteiger partial charge on any atom is -0.376 e. The lowest BCUT2D eigenvalue weighted by Gasteiger charge is -2.34. The van der Waals surface area contributed by atoms with E-state index in [0.717, 1.165) is 31.9 Å². The van der Waals surface area contributed by atoms with Crippen LogP contribution in [0.25, 0.3) is 10.8 Å². The molecule has 3 aromatic carbocycles. The summed E-state index contributed by atoms with van der Waals surface area (Å²) in [7, 11) is 0. The van der Waals surface area contributed by atoms with Gasteiger partial charge in [-0.05, 0) is 47.0 Å². The summed E-state index contributed by atoms with van der Waals surface area (Å²) >= 11 is 1.78. The topological polar surface area (TPSA) is 35.6 Å². The fourth-order valence-electron chi connectivity index (χ4n) is 3.25. The third-order valence-corrected chi connectivity index (χ3v) is 5.85. The highest BCUT2D eigenvalue weighted by Gasteiger charge is 2.21. The molecule has 0 atom stereocenters. The summed E-state index contributed by atoms with van der Waals surface area (Å²) in [6.07, 6.45) is 0. The lowest BCUT2D eigenvalue weighted by Crippen LogP contribution is -2.48. The van der Waals surface area contributed by atoms with E-state index in [4.69, 9.17) is 0 Å². The minimum atomic E-state index is 0.161. The molecule has 1 aliphatic heterocycles. The monoisotopic (exact) mass is 377 g/mol. The number of benzene rings is 3. The van der Waals surface area contributed by atoms with Gasteiger partial charge >= 0.3 is 0 Å². The number of nitrogens with zero attached hydrogens (tertiary/aromatic N) is 2. The van der Waals surface area contributed by atoms with Crippen LogP contribution in [0.1, 0.15) is 0 Å². The molecule has 0 aromatic heterocycles. The first-order valence-corrected chi connectivity index (χ1v) is 10.0. The van der Waals surface area contributed by atoms with Crippen LogP contribution < -0.4 is 5.32 Å². The molecule has 1 amide bonds. The summed E-state index contributed by atoms with van der Waals surface area (Å²) < 4.78 is 2.35. The van der Waals surface area contributed by atoms with E-state index < -0.39 is 0 Å². The lowest BCUT2D eigenvalue weighted by molar-refractivity contribution is -0.130. The number of fused-ring (bicyclic) bond motifs is 1. The van der Waals surface area contributed by atoms with E-state index in [1.54, 1.807) is 11.9 Å². The molecule has 4 rings (SSSR count). The normalized spacial score (nSPS) is 15.0. The van der Waals surface area contributed by atoms with Gasteiger partial charge in [-0.1, -0.05) is 48.5 Å². The van der Waals surface area contributed by atoms with Gasteiger partial charge in [-0.25, -0.2) is 4.31 Å². The molecule has 5 heteroatoms. The first-order valence-electron chi connectivity index (χ1n) is 9.26. The number of amides is 1. The average molecular weight is 378 g/mol. The van der Waals surface area contributed by atoms with E-state index in [1.807, 2.05) is 35.2 Å². The Hall–Kier alpha value is -2.50. The average Bonchev–Trinajstić information content (AvgIpc) is 2.73. The van der Waals surface area contributed by atoms with Gasteiger partial charge in [0, 0.05) is 36.8 Å². The fraction of sp³-hybridized carbons (Fsp3) is 0.227. The Morgan fingerprint density at radius 2 is 1.56 bits per heavy atom. The standard InChI is InChI=1S/C22H23N3OS/c26-22(17-23-20-8-2-1-3-9-20)24-12-14-25(15-13-24)27-21-11-10-18-6-4-5-7-19(18)16-21/h1-11,16,23H,12-15,17H2. The van der Waals surface area contributed by atoms with Crippen molar-refractivity contribution in [3.8, 4) is 0 Å². The zero-order chi connectivity index (χ0) is 18.5. The van der Waals surface area contributed by atoms with E-state index in [9.17, 15) is 4.79 Å². The van der Waals surface area contributed by atoms with Gasteiger partial charge in [-0.3, -0.25) is 4.79 Å². The molecule has 0 saturated carbocycles. The molecule has 0 radical (unpaired) electrons. The largest absolute Gasteiger partial charge is 0.376 e. The van der Waals surface area contributed by atoms with Gasteiger partial charge in [0.05, 0.1) is 6.54 Å². The molecular weight excluding hydrogens is 354 g/mol. The van der Waals surface area contributed by atoms with Crippen LogP contribution >= 0.6 is 11.9 Å². The van der Waals surface area contributed by atoms with Crippen molar-refractivity contribution in [2.75, 3.05) is 38.0 Å². The molecule has 1 fully saturated rings. The number of nitrogens with one attached hydrogen (secondary N) is 1. The van der Waals surface area contributed by atoms with Gasteiger partial charge in [0.15, 0.2) is 0 Å². The summed E-state index contributed by atoms with van der Waals surface area (Å²) in [5.41, 5.74) is 0.983. The summed E-state index contributed by atoms with van der Waals surface area (Å²) in [5, 5.41) is 5.73. The number of para-hydroxylation sites is 1. The van der Waals surface area contributed by atoms with E-state index in [2.05, 4.69) is 52.1 Å². The summed E-state index contributed by atoms with van der Waals surface area (Å²) in [6.45, 7) is 3.66. The number of piperazine rings is 1. The maximum absolute atomic E-state index is 12.4. The van der Waals surface area contributed by atoms with Crippen LogP contribution in [0.15, 0.2) is 77.7 Å². The summed E-state index contributed by atoms with van der Waals surface area (Å²) in [5.74, 6) is 0.161. The second-order valence-electron chi connectivity index (χ2n) is 6.63. The van der Waals surface area contributed by atoms with E-state index in [0.29, 0.717) is 6.54 Å². The van der Waals surface area contributed by atoms with Crippen molar-refractivity contribution in [1.29, 1.82) is 0 Å². The van der Waals surface area contributed by atoms with Gasteiger partial charge < -0.3 is 10.2 Å². The first kappa shape index (κ1) is 17.9. The number of carbonyl (C=O) groups excluding carboxylic acids is 1. The van der Waals surface area contributed by atoms with Crippen LogP contribution in [0.4, 0.5) is 5.69 Å². The molecule has 0 bridgehead atoms. The van der Waals surface area contributed by atoms with E-state index in [-0.39, 0.29) is 5.91 Å². The molecule has 1 aliphatic rings. The van der Waals surface area contributed by atoms with E-state index in [1.165, 1.54) is 15.7 Å². The molecule has 138 valence electrons. The Bertz CT molecular complexity index is 908. The molecule has 0 spiro atoms. The third-order valence-electron chi connectivity index (χ3n) is 4.76. The molecule has 0 unspecified atom stereocenters. The van der Waals surface area contributed by atoms with Gasteiger partial charge in [0.25, 0.3) is 0 Å². The molecule has 3 aromatic rings. The van der Waals surface area contributed by atoms with Gasteiger partial charge in [-0.2, -0.15) is 0 Å². The molecule has 4 nitrogen and oxygen atoms in total. The van der Waals surface area contributed by atoms with Crippen molar-refractivity contribution in [2.24, 2.45) is 0 Å². The van der Waals surface area contributed by atoms with Crippen molar-refractivity contribution in [1.82, 2.24) is 9.21 Å². The Labute approximate surface area is 164 Å². The fourth-order valence-corrected chi connectivity index (χ4v) is 4.20. The van der Waals surface area contributed by atoms with Crippen LogP contribution in [-0.4, -0.2) is 47.8 Å². The smallest absolute Gasteiger partial charge is 0.241 e. The number of hydrogen-bond acceptors (Lipinski definition) is 4. The molecule has 0 aliphatic carbocycles. The van der Waals surface area contributed by atoms with Crippen molar-refractivity contribution in [2.45, 2.75) is 4.90 Å². The lowest BCUT2D eigenvalue weighted by atomic mass is 10.1. The van der Waals surface area contributed by atoms with Crippen molar-refractivity contribution >= 4 is 34.3 Å².